The summed E-state index contributed by atoms with van der Waals surface area (Å²) in [6.07, 6.45) is 15.7. The molecule has 0 spiro atoms. The molecule has 198 valence electrons. The average molecular weight is 521 g/mol. The number of benzene rings is 4. The van der Waals surface area contributed by atoms with Gasteiger partial charge in [0.15, 0.2) is 0 Å². The van der Waals surface area contributed by atoms with Gasteiger partial charge in [0, 0.05) is 34.1 Å². The van der Waals surface area contributed by atoms with Gasteiger partial charge >= 0.3 is 0 Å². The molecule has 4 aromatic rings. The van der Waals surface area contributed by atoms with Crippen LogP contribution in [-0.2, 0) is 0 Å². The molecule has 6 rings (SSSR count). The number of para-hydroxylation sites is 1. The predicted octanol–water partition coefficient (Wildman–Crippen LogP) is 10.8. The van der Waals surface area contributed by atoms with Crippen LogP contribution in [0.2, 0.25) is 0 Å². The van der Waals surface area contributed by atoms with Crippen molar-refractivity contribution in [1.29, 1.82) is 0 Å². The highest BCUT2D eigenvalue weighted by Crippen LogP contribution is 2.37. The number of aryl methyl sites for hydroxylation is 1. The molecule has 0 saturated carbocycles. The lowest BCUT2D eigenvalue weighted by atomic mass is 10.0. The Morgan fingerprint density at radius 3 is 1.80 bits per heavy atom. The van der Waals surface area contributed by atoms with Crippen LogP contribution in [-0.4, -0.2) is 0 Å². The molecular weight excluding hydrogens is 484 g/mol. The lowest BCUT2D eigenvalue weighted by Gasteiger charge is -2.29. The van der Waals surface area contributed by atoms with Gasteiger partial charge in [0.2, 0.25) is 0 Å². The standard InChI is InChI=1S/C38H36N2/c1-29-16-22-35(23-17-29)39(33-11-5-3-6-12-33)36-24-18-31(19-25-36)32-20-26-37(27-21-32)40(34-13-7-4-8-14-34)38-15-9-10-30(2)28-38/h3,5-7,9-16,18-22,24-28H,4,8,17,23H2,1-2H3. The minimum atomic E-state index is 1.05. The number of allylic oxidation sites excluding steroid dienone is 7. The van der Waals surface area contributed by atoms with Crippen molar-refractivity contribution in [2.24, 2.45) is 0 Å². The summed E-state index contributed by atoms with van der Waals surface area (Å²) >= 11 is 0. The third kappa shape index (κ3) is 5.58. The van der Waals surface area contributed by atoms with E-state index in [-0.39, 0.29) is 0 Å². The van der Waals surface area contributed by atoms with Gasteiger partial charge in [-0.2, -0.15) is 0 Å². The van der Waals surface area contributed by atoms with Crippen molar-refractivity contribution in [3.63, 3.8) is 0 Å². The summed E-state index contributed by atoms with van der Waals surface area (Å²) in [7, 11) is 0. The molecule has 0 radical (unpaired) electrons. The second kappa shape index (κ2) is 11.7. The first-order chi connectivity index (χ1) is 19.7. The van der Waals surface area contributed by atoms with Gasteiger partial charge in [-0.1, -0.05) is 78.4 Å². The van der Waals surface area contributed by atoms with Gasteiger partial charge in [-0.15, -0.1) is 0 Å². The molecule has 4 aromatic carbocycles. The van der Waals surface area contributed by atoms with E-state index in [9.17, 15) is 0 Å². The van der Waals surface area contributed by atoms with Gasteiger partial charge < -0.3 is 9.80 Å². The molecule has 2 aliphatic carbocycles. The van der Waals surface area contributed by atoms with Crippen molar-refractivity contribution < 1.29 is 0 Å². The van der Waals surface area contributed by atoms with Crippen LogP contribution in [0.1, 0.15) is 38.2 Å². The fourth-order valence-electron chi connectivity index (χ4n) is 5.56. The lowest BCUT2D eigenvalue weighted by Crippen LogP contribution is -2.17. The van der Waals surface area contributed by atoms with Crippen LogP contribution in [0.3, 0.4) is 0 Å². The van der Waals surface area contributed by atoms with E-state index in [1.807, 2.05) is 0 Å². The Morgan fingerprint density at radius 1 is 0.550 bits per heavy atom. The van der Waals surface area contributed by atoms with E-state index in [1.165, 1.54) is 56.4 Å². The van der Waals surface area contributed by atoms with E-state index < -0.39 is 0 Å². The van der Waals surface area contributed by atoms with Crippen molar-refractivity contribution >= 4 is 22.7 Å². The van der Waals surface area contributed by atoms with E-state index in [4.69, 9.17) is 0 Å². The molecule has 0 fully saturated rings. The fourth-order valence-corrected chi connectivity index (χ4v) is 5.56. The first kappa shape index (κ1) is 25.7. The SMILES string of the molecule is CC1=CC=C(N(c2ccccc2)c2ccc(-c3ccc(N(C4=CCCC=C4)c4cccc(C)c4)cc3)cc2)CC1. The largest absolute Gasteiger partial charge is 0.314 e. The van der Waals surface area contributed by atoms with Crippen molar-refractivity contribution in [2.75, 3.05) is 9.80 Å². The van der Waals surface area contributed by atoms with Crippen LogP contribution in [0, 0.1) is 6.92 Å². The molecule has 0 aliphatic heterocycles. The first-order valence-corrected chi connectivity index (χ1v) is 14.3. The fraction of sp³-hybridized carbons (Fsp3) is 0.158. The van der Waals surface area contributed by atoms with Gasteiger partial charge in [-0.05, 0) is 117 Å². The summed E-state index contributed by atoms with van der Waals surface area (Å²) < 4.78 is 0. The number of anilines is 4. The van der Waals surface area contributed by atoms with Gasteiger partial charge in [-0.25, -0.2) is 0 Å². The first-order valence-electron chi connectivity index (χ1n) is 14.3. The Kier molecular flexibility index (Phi) is 7.50. The summed E-state index contributed by atoms with van der Waals surface area (Å²) in [5, 5.41) is 0. The molecule has 0 unspecified atom stereocenters. The van der Waals surface area contributed by atoms with E-state index >= 15 is 0 Å². The quantitative estimate of drug-likeness (QED) is 0.239. The van der Waals surface area contributed by atoms with E-state index in [1.54, 1.807) is 0 Å². The lowest BCUT2D eigenvalue weighted by molar-refractivity contribution is 0.875. The Balaban J connectivity index is 1.30. The molecule has 0 aromatic heterocycles. The molecule has 0 saturated heterocycles. The number of hydrogen-bond acceptors (Lipinski definition) is 2. The molecule has 2 nitrogen and oxygen atoms in total. The monoisotopic (exact) mass is 520 g/mol. The van der Waals surface area contributed by atoms with Crippen LogP contribution in [0.5, 0.6) is 0 Å². The molecular formula is C38H36N2. The molecule has 0 heterocycles. The summed E-state index contributed by atoms with van der Waals surface area (Å²) in [6, 6.07) is 37.4. The van der Waals surface area contributed by atoms with Crippen molar-refractivity contribution in [1.82, 2.24) is 0 Å². The zero-order chi connectivity index (χ0) is 27.3. The third-order valence-electron chi connectivity index (χ3n) is 7.72. The van der Waals surface area contributed by atoms with Crippen LogP contribution in [0.4, 0.5) is 22.7 Å². The van der Waals surface area contributed by atoms with E-state index in [0.717, 1.165) is 25.7 Å². The van der Waals surface area contributed by atoms with Gasteiger partial charge in [0.05, 0.1) is 0 Å². The number of hydrogen-bond donors (Lipinski definition) is 0. The Bertz CT molecular complexity index is 1590. The topological polar surface area (TPSA) is 6.48 Å². The van der Waals surface area contributed by atoms with Crippen molar-refractivity contribution in [2.45, 2.75) is 39.5 Å². The molecule has 40 heavy (non-hydrogen) atoms. The minimum Gasteiger partial charge on any atom is -0.314 e. The van der Waals surface area contributed by atoms with Crippen LogP contribution < -0.4 is 9.80 Å². The maximum Gasteiger partial charge on any atom is 0.0464 e. The zero-order valence-corrected chi connectivity index (χ0v) is 23.4. The predicted molar refractivity (Wildman–Crippen MR) is 171 cm³/mol. The minimum absolute atomic E-state index is 1.05. The highest BCUT2D eigenvalue weighted by atomic mass is 15.2. The Labute approximate surface area is 238 Å². The summed E-state index contributed by atoms with van der Waals surface area (Å²) in [6.45, 7) is 4.37. The van der Waals surface area contributed by atoms with Gasteiger partial charge in [-0.3, -0.25) is 0 Å². The normalized spacial score (nSPS) is 14.7. The summed E-state index contributed by atoms with van der Waals surface area (Å²) in [5.74, 6) is 0. The molecule has 2 aliphatic rings. The number of nitrogens with zero attached hydrogens (tertiary/aromatic N) is 2. The van der Waals surface area contributed by atoms with Crippen molar-refractivity contribution in [3.8, 4) is 11.1 Å². The second-order valence-corrected chi connectivity index (χ2v) is 10.7. The maximum atomic E-state index is 2.39. The third-order valence-corrected chi connectivity index (χ3v) is 7.72. The molecule has 0 N–H and O–H groups in total. The smallest absolute Gasteiger partial charge is 0.0464 e. The Hall–Kier alpha value is -4.56. The maximum absolute atomic E-state index is 2.39. The number of rotatable bonds is 7. The van der Waals surface area contributed by atoms with Gasteiger partial charge in [0.25, 0.3) is 0 Å². The van der Waals surface area contributed by atoms with E-state index in [0.29, 0.717) is 0 Å². The van der Waals surface area contributed by atoms with Crippen LogP contribution in [0.25, 0.3) is 11.1 Å². The van der Waals surface area contributed by atoms with Crippen molar-refractivity contribution in [3.05, 3.63) is 156 Å². The zero-order valence-electron chi connectivity index (χ0n) is 23.4. The molecule has 0 bridgehead atoms. The van der Waals surface area contributed by atoms with Gasteiger partial charge in [0.1, 0.15) is 0 Å². The van der Waals surface area contributed by atoms with Crippen LogP contribution in [0.15, 0.2) is 150 Å². The summed E-state index contributed by atoms with van der Waals surface area (Å²) in [5.41, 5.74) is 12.4. The second-order valence-electron chi connectivity index (χ2n) is 10.7. The Morgan fingerprint density at radius 2 is 1.20 bits per heavy atom. The van der Waals surface area contributed by atoms with Crippen LogP contribution >= 0.6 is 0 Å². The summed E-state index contributed by atoms with van der Waals surface area (Å²) in [4.78, 5) is 4.75. The molecule has 2 heteroatoms. The highest BCUT2D eigenvalue weighted by molar-refractivity contribution is 5.76. The highest BCUT2D eigenvalue weighted by Gasteiger charge is 2.17. The molecule has 0 amide bonds. The van der Waals surface area contributed by atoms with E-state index in [2.05, 4.69) is 157 Å². The average Bonchev–Trinajstić information content (AvgIpc) is 3.00. The molecule has 0 atom stereocenters.